The summed E-state index contributed by atoms with van der Waals surface area (Å²) >= 11 is 0. The molecule has 6 heteroatoms. The van der Waals surface area contributed by atoms with Gasteiger partial charge in [0, 0.05) is 25.9 Å². The van der Waals surface area contributed by atoms with Crippen molar-refractivity contribution in [3.8, 4) is 0 Å². The van der Waals surface area contributed by atoms with Gasteiger partial charge in [0.1, 0.15) is 0 Å². The second kappa shape index (κ2) is 11.8. The van der Waals surface area contributed by atoms with Crippen LogP contribution in [0.2, 0.25) is 6.04 Å². The van der Waals surface area contributed by atoms with Gasteiger partial charge in [0.15, 0.2) is 0 Å². The first-order valence-corrected chi connectivity index (χ1v) is 7.29. The molecule has 0 bridgehead atoms. The van der Waals surface area contributed by atoms with Crippen LogP contribution in [0.15, 0.2) is 0 Å². The summed E-state index contributed by atoms with van der Waals surface area (Å²) in [6.45, 7) is 8.44. The smallest absolute Gasteiger partial charge is 1.00 e. The number of rotatable bonds is 9. The van der Waals surface area contributed by atoms with Crippen molar-refractivity contribution in [3.05, 3.63) is 0 Å². The van der Waals surface area contributed by atoms with E-state index in [-0.39, 0.29) is 40.6 Å². The van der Waals surface area contributed by atoms with Crippen molar-refractivity contribution in [1.29, 1.82) is 0 Å². The van der Waals surface area contributed by atoms with Gasteiger partial charge in [-0.1, -0.05) is 0 Å². The maximum Gasteiger partial charge on any atom is 2.00 e. The summed E-state index contributed by atoms with van der Waals surface area (Å²) in [6.07, 6.45) is 0.895. The zero-order valence-corrected chi connectivity index (χ0v) is 13.5. The third kappa shape index (κ3) is 8.10. The number of hydrogen-bond acceptors (Lipinski definition) is 4. The summed E-state index contributed by atoms with van der Waals surface area (Å²) in [5, 5.41) is 0. The van der Waals surface area contributed by atoms with Crippen LogP contribution in [-0.4, -0.2) is 72.9 Å². The fraction of sp³-hybridized carbons (Fsp3) is 1.00. The van der Waals surface area contributed by atoms with E-state index in [1.54, 1.807) is 0 Å². The van der Waals surface area contributed by atoms with Crippen LogP contribution in [0.4, 0.5) is 0 Å². The molecule has 90 valence electrons. The van der Waals surface area contributed by atoms with E-state index in [0.717, 1.165) is 12.5 Å². The first kappa shape index (κ1) is 18.7. The Morgan fingerprint density at radius 2 is 1.40 bits per heavy atom. The monoisotopic (exact) mass is 263 g/mol. The van der Waals surface area contributed by atoms with E-state index in [1.165, 1.54) is 0 Å². The summed E-state index contributed by atoms with van der Waals surface area (Å²) in [5.41, 5.74) is 5.48. The zero-order valence-electron chi connectivity index (χ0n) is 12.3. The molecule has 0 heterocycles. The fourth-order valence-corrected chi connectivity index (χ4v) is 3.96. The van der Waals surface area contributed by atoms with Gasteiger partial charge in [0.25, 0.3) is 0 Å². The van der Waals surface area contributed by atoms with Gasteiger partial charge in [-0.25, -0.2) is 0 Å². The summed E-state index contributed by atoms with van der Waals surface area (Å²) in [4.78, 5) is 0. The van der Waals surface area contributed by atoms with Crippen molar-refractivity contribution < 1.29 is 16.1 Å². The first-order chi connectivity index (χ1) is 6.74. The summed E-state index contributed by atoms with van der Waals surface area (Å²) in [5.74, 6) is 0. The molecule has 0 atom stereocenters. The molecule has 4 nitrogen and oxygen atoms in total. The molecule has 0 amide bonds. The van der Waals surface area contributed by atoms with Crippen LogP contribution in [0.5, 0.6) is 0 Å². The van der Waals surface area contributed by atoms with Gasteiger partial charge in [-0.05, 0) is 33.7 Å². The van der Waals surface area contributed by atoms with Crippen molar-refractivity contribution in [2.75, 3.05) is 26.4 Å². The van der Waals surface area contributed by atoms with Crippen LogP contribution in [0, 0.1) is 0 Å². The quantitative estimate of drug-likeness (QED) is 0.636. The summed E-state index contributed by atoms with van der Waals surface area (Å²) in [6, 6.07) is 0.818. The van der Waals surface area contributed by atoms with Gasteiger partial charge < -0.3 is 21.9 Å². The Labute approximate surface area is 127 Å². The molecule has 0 radical (unpaired) electrons. The third-order valence-electron chi connectivity index (χ3n) is 1.78. The van der Waals surface area contributed by atoms with Gasteiger partial charge in [0.05, 0.1) is 0 Å². The molecule has 0 saturated heterocycles. The second-order valence-electron chi connectivity index (χ2n) is 2.87. The molecule has 0 unspecified atom stereocenters. The predicted octanol–water partition coefficient (Wildman–Crippen LogP) is 1.23. The van der Waals surface area contributed by atoms with Gasteiger partial charge in [-0.15, -0.1) is 0 Å². The van der Waals surface area contributed by atoms with Gasteiger partial charge in [-0.2, -0.15) is 0 Å². The van der Waals surface area contributed by atoms with Crippen LogP contribution in [-0.2, 0) is 13.3 Å². The molecule has 0 rings (SSSR count). The molecular formula is C9H25CaNO3Si. The molecule has 2 N–H and O–H groups in total. The topological polar surface area (TPSA) is 53.7 Å². The number of hydrogen-bond donors (Lipinski definition) is 1. The van der Waals surface area contributed by atoms with E-state index in [2.05, 4.69) is 0 Å². The van der Waals surface area contributed by atoms with E-state index < -0.39 is 8.80 Å². The van der Waals surface area contributed by atoms with Crippen LogP contribution >= 0.6 is 0 Å². The number of nitrogens with two attached hydrogens (primary N) is 1. The largest absolute Gasteiger partial charge is 2.00 e. The summed E-state index contributed by atoms with van der Waals surface area (Å²) < 4.78 is 17.0. The van der Waals surface area contributed by atoms with Gasteiger partial charge >= 0.3 is 46.5 Å². The minimum atomic E-state index is -2.40. The normalized spacial score (nSPS) is 11.2. The van der Waals surface area contributed by atoms with Crippen molar-refractivity contribution in [1.82, 2.24) is 0 Å². The average molecular weight is 263 g/mol. The SMILES string of the molecule is CCO[Si](CCCN)(OCC)OCC.[Ca+2].[H-].[H-]. The van der Waals surface area contributed by atoms with Gasteiger partial charge in [0.2, 0.25) is 0 Å². The predicted molar refractivity (Wildman–Crippen MR) is 67.1 cm³/mol. The van der Waals surface area contributed by atoms with Crippen molar-refractivity contribution in [2.45, 2.75) is 33.2 Å². The molecule has 0 aromatic rings. The minimum Gasteiger partial charge on any atom is -1.00 e. The Hall–Kier alpha value is 1.32. The average Bonchev–Trinajstić information content (AvgIpc) is 2.16. The molecule has 0 aliphatic carbocycles. The Balaban J connectivity index is -0.000000282. The first-order valence-electron chi connectivity index (χ1n) is 5.36. The standard InChI is InChI=1S/C9H23NO3Si.Ca.2H/c1-4-11-14(12-5-2,13-6-3)9-7-8-10;;;/h4-10H2,1-3H3;;;/q;+2;2*-1. The maximum absolute atomic E-state index is 5.65. The van der Waals surface area contributed by atoms with E-state index in [9.17, 15) is 0 Å². The fourth-order valence-electron chi connectivity index (χ4n) is 1.32. The van der Waals surface area contributed by atoms with E-state index in [0.29, 0.717) is 26.4 Å². The molecule has 0 fully saturated rings. The zero-order chi connectivity index (χ0) is 10.9. The maximum atomic E-state index is 5.65. The van der Waals surface area contributed by atoms with E-state index in [4.69, 9.17) is 19.0 Å². The van der Waals surface area contributed by atoms with E-state index >= 15 is 0 Å². The molecule has 0 aliphatic rings. The van der Waals surface area contributed by atoms with Crippen LogP contribution < -0.4 is 5.73 Å². The van der Waals surface area contributed by atoms with Crippen LogP contribution in [0.3, 0.4) is 0 Å². The molecular weight excluding hydrogens is 238 g/mol. The van der Waals surface area contributed by atoms with Crippen molar-refractivity contribution in [2.24, 2.45) is 5.73 Å². The molecule has 0 spiro atoms. The molecule has 0 aromatic carbocycles. The Morgan fingerprint density at radius 3 is 1.67 bits per heavy atom. The van der Waals surface area contributed by atoms with Crippen molar-refractivity contribution in [3.63, 3.8) is 0 Å². The third-order valence-corrected chi connectivity index (χ3v) is 4.93. The molecule has 0 saturated carbocycles. The van der Waals surface area contributed by atoms with Crippen molar-refractivity contribution >= 4 is 46.5 Å². The van der Waals surface area contributed by atoms with Crippen LogP contribution in [0.1, 0.15) is 30.0 Å². The Morgan fingerprint density at radius 1 is 1.00 bits per heavy atom. The molecule has 0 aliphatic heterocycles. The van der Waals surface area contributed by atoms with E-state index in [1.807, 2.05) is 20.8 Å². The Bertz CT molecular complexity index is 132. The Kier molecular flexibility index (Phi) is 14.7. The molecule has 15 heavy (non-hydrogen) atoms. The van der Waals surface area contributed by atoms with Gasteiger partial charge in [-0.3, -0.25) is 0 Å². The summed E-state index contributed by atoms with van der Waals surface area (Å²) in [7, 11) is -2.40. The molecule has 0 aromatic heterocycles. The minimum absolute atomic E-state index is 0. The second-order valence-corrected chi connectivity index (χ2v) is 5.61. The van der Waals surface area contributed by atoms with Crippen LogP contribution in [0.25, 0.3) is 0 Å².